The quantitative estimate of drug-likeness (QED) is 0.603. The molecule has 1 amide bonds. The molecule has 0 atom stereocenters. The van der Waals surface area contributed by atoms with Crippen molar-refractivity contribution < 1.29 is 9.63 Å². The van der Waals surface area contributed by atoms with Gasteiger partial charge in [0.2, 0.25) is 0 Å². The fraction of sp³-hybridized carbons (Fsp3) is 0.375. The molecule has 0 bridgehead atoms. The SMILES string of the molecule is CC(C)O/N=C(/C([NH])=O)c1csc(N)n1. The molecule has 0 aliphatic heterocycles. The van der Waals surface area contributed by atoms with Gasteiger partial charge in [-0.1, -0.05) is 5.16 Å². The topological polar surface area (TPSA) is 101 Å². The number of hydrogen-bond donors (Lipinski definition) is 1. The zero-order valence-electron chi connectivity index (χ0n) is 8.35. The summed E-state index contributed by atoms with van der Waals surface area (Å²) in [4.78, 5) is 19.7. The zero-order chi connectivity index (χ0) is 11.4. The number of rotatable bonds is 4. The van der Waals surface area contributed by atoms with Crippen molar-refractivity contribution >= 4 is 28.1 Å². The molecule has 15 heavy (non-hydrogen) atoms. The second-order valence-electron chi connectivity index (χ2n) is 2.99. The largest absolute Gasteiger partial charge is 0.392 e. The Labute approximate surface area is 90.9 Å². The van der Waals surface area contributed by atoms with Gasteiger partial charge in [0.15, 0.2) is 10.8 Å². The lowest BCUT2D eigenvalue weighted by Gasteiger charge is -2.02. The highest BCUT2D eigenvalue weighted by Crippen LogP contribution is 2.12. The number of nitrogens with one attached hydrogen (secondary N) is 1. The average Bonchev–Trinajstić information content (AvgIpc) is 2.51. The van der Waals surface area contributed by atoms with Crippen molar-refractivity contribution in [2.45, 2.75) is 20.0 Å². The van der Waals surface area contributed by atoms with Crippen LogP contribution in [0.5, 0.6) is 0 Å². The lowest BCUT2D eigenvalue weighted by Crippen LogP contribution is -2.18. The van der Waals surface area contributed by atoms with Gasteiger partial charge >= 0.3 is 0 Å². The number of aromatic nitrogens is 1. The maximum atomic E-state index is 10.9. The van der Waals surface area contributed by atoms with Crippen molar-refractivity contribution in [3.05, 3.63) is 11.1 Å². The van der Waals surface area contributed by atoms with Crippen LogP contribution in [-0.4, -0.2) is 22.7 Å². The van der Waals surface area contributed by atoms with E-state index in [1.54, 1.807) is 19.2 Å². The molecule has 1 radical (unpaired) electrons. The Kier molecular flexibility index (Phi) is 3.62. The van der Waals surface area contributed by atoms with Crippen molar-refractivity contribution in [1.29, 1.82) is 0 Å². The van der Waals surface area contributed by atoms with Crippen molar-refractivity contribution in [2.24, 2.45) is 5.16 Å². The molecule has 0 spiro atoms. The maximum Gasteiger partial charge on any atom is 0.294 e. The predicted octanol–water partition coefficient (Wildman–Crippen LogP) is 0.664. The highest BCUT2D eigenvalue weighted by Gasteiger charge is 2.15. The lowest BCUT2D eigenvalue weighted by molar-refractivity contribution is -0.112. The third-order valence-corrected chi connectivity index (χ3v) is 2.01. The summed E-state index contributed by atoms with van der Waals surface area (Å²) in [7, 11) is 0. The Bertz CT molecular complexity index is 386. The summed E-state index contributed by atoms with van der Waals surface area (Å²) < 4.78 is 0. The van der Waals surface area contributed by atoms with Crippen molar-refractivity contribution in [3.63, 3.8) is 0 Å². The summed E-state index contributed by atoms with van der Waals surface area (Å²) in [6.45, 7) is 3.54. The molecule has 0 unspecified atom stereocenters. The lowest BCUT2D eigenvalue weighted by atomic mass is 10.3. The predicted molar refractivity (Wildman–Crippen MR) is 57.4 cm³/mol. The summed E-state index contributed by atoms with van der Waals surface area (Å²) >= 11 is 1.18. The van der Waals surface area contributed by atoms with E-state index in [1.165, 1.54) is 11.3 Å². The van der Waals surface area contributed by atoms with E-state index in [9.17, 15) is 4.79 Å². The Morgan fingerprint density at radius 1 is 1.73 bits per heavy atom. The van der Waals surface area contributed by atoms with E-state index in [4.69, 9.17) is 16.3 Å². The summed E-state index contributed by atoms with van der Waals surface area (Å²) in [5.41, 5.74) is 12.6. The minimum atomic E-state index is -0.944. The van der Waals surface area contributed by atoms with E-state index >= 15 is 0 Å². The molecule has 0 saturated carbocycles. The van der Waals surface area contributed by atoms with Gasteiger partial charge in [0, 0.05) is 5.38 Å². The van der Waals surface area contributed by atoms with Crippen LogP contribution in [0.3, 0.4) is 0 Å². The molecule has 1 rings (SSSR count). The molecule has 0 saturated heterocycles. The molecule has 6 nitrogen and oxygen atoms in total. The van der Waals surface area contributed by atoms with Crippen LogP contribution < -0.4 is 11.5 Å². The van der Waals surface area contributed by atoms with E-state index in [-0.39, 0.29) is 17.5 Å². The van der Waals surface area contributed by atoms with Crippen LogP contribution in [0.2, 0.25) is 0 Å². The molecule has 81 valence electrons. The Hall–Kier alpha value is -1.63. The first kappa shape index (κ1) is 11.4. The molecular weight excluding hydrogens is 216 g/mol. The van der Waals surface area contributed by atoms with Crippen LogP contribution in [0.1, 0.15) is 19.5 Å². The first-order valence-corrected chi connectivity index (χ1v) is 5.09. The van der Waals surface area contributed by atoms with Crippen LogP contribution >= 0.6 is 11.3 Å². The molecule has 0 aromatic carbocycles. The fourth-order valence-corrected chi connectivity index (χ4v) is 1.31. The molecule has 0 aliphatic rings. The molecular formula is C8H11N4O2S. The minimum Gasteiger partial charge on any atom is -0.392 e. The van der Waals surface area contributed by atoms with Gasteiger partial charge in [-0.25, -0.2) is 4.98 Å². The summed E-state index contributed by atoms with van der Waals surface area (Å²) in [6, 6.07) is 0. The highest BCUT2D eigenvalue weighted by atomic mass is 32.1. The van der Waals surface area contributed by atoms with Crippen LogP contribution in [0.15, 0.2) is 10.5 Å². The van der Waals surface area contributed by atoms with Gasteiger partial charge in [0.1, 0.15) is 11.8 Å². The van der Waals surface area contributed by atoms with Crippen LogP contribution in [-0.2, 0) is 9.63 Å². The van der Waals surface area contributed by atoms with Gasteiger partial charge in [0.25, 0.3) is 5.91 Å². The molecule has 1 aromatic heterocycles. The number of nitrogens with two attached hydrogens (primary N) is 1. The van der Waals surface area contributed by atoms with Gasteiger partial charge < -0.3 is 10.6 Å². The van der Waals surface area contributed by atoms with E-state index < -0.39 is 5.91 Å². The van der Waals surface area contributed by atoms with E-state index in [2.05, 4.69) is 10.1 Å². The van der Waals surface area contributed by atoms with Gasteiger partial charge in [-0.2, -0.15) is 0 Å². The number of nitrogens with zero attached hydrogens (tertiary/aromatic N) is 2. The number of amides is 1. The first-order valence-electron chi connectivity index (χ1n) is 4.22. The standard InChI is InChI=1S/C8H11N4O2S/c1-4(2)14-12-6(7(9)13)5-3-15-8(10)11-5/h3-4,9H,1-2H3,(H2,10,11)/b12-6+. The summed E-state index contributed by atoms with van der Waals surface area (Å²) in [6.07, 6.45) is -0.157. The third kappa shape index (κ3) is 3.21. The Balaban J connectivity index is 2.93. The number of thiazole rings is 1. The Morgan fingerprint density at radius 2 is 2.40 bits per heavy atom. The van der Waals surface area contributed by atoms with Gasteiger partial charge in [-0.15, -0.1) is 11.3 Å². The molecule has 7 heteroatoms. The zero-order valence-corrected chi connectivity index (χ0v) is 9.17. The number of hydrogen-bond acceptors (Lipinski definition) is 6. The fourth-order valence-electron chi connectivity index (χ4n) is 0.759. The number of anilines is 1. The second-order valence-corrected chi connectivity index (χ2v) is 3.88. The van der Waals surface area contributed by atoms with Crippen LogP contribution in [0.25, 0.3) is 0 Å². The minimum absolute atomic E-state index is 0.128. The van der Waals surface area contributed by atoms with Gasteiger partial charge in [0.05, 0.1) is 0 Å². The number of carbonyl (C=O) groups excluding carboxylic acids is 1. The van der Waals surface area contributed by atoms with Crippen molar-refractivity contribution in [3.8, 4) is 0 Å². The second kappa shape index (κ2) is 4.74. The van der Waals surface area contributed by atoms with E-state index in [1.807, 2.05) is 0 Å². The average molecular weight is 227 g/mol. The molecule has 1 heterocycles. The summed E-state index contributed by atoms with van der Waals surface area (Å²) in [5, 5.41) is 5.46. The third-order valence-electron chi connectivity index (χ3n) is 1.33. The number of oxime groups is 1. The van der Waals surface area contributed by atoms with Gasteiger partial charge in [-0.3, -0.25) is 10.5 Å². The number of carbonyl (C=O) groups is 1. The van der Waals surface area contributed by atoms with Crippen molar-refractivity contribution in [1.82, 2.24) is 10.7 Å². The number of nitrogen functional groups attached to an aromatic ring is 1. The molecule has 3 N–H and O–H groups in total. The Morgan fingerprint density at radius 3 is 2.80 bits per heavy atom. The van der Waals surface area contributed by atoms with Crippen molar-refractivity contribution in [2.75, 3.05) is 5.73 Å². The molecule has 1 aromatic rings. The smallest absolute Gasteiger partial charge is 0.294 e. The van der Waals surface area contributed by atoms with E-state index in [0.717, 1.165) is 0 Å². The first-order chi connectivity index (χ1) is 7.00. The highest BCUT2D eigenvalue weighted by molar-refractivity contribution is 7.13. The van der Waals surface area contributed by atoms with Crippen LogP contribution in [0.4, 0.5) is 5.13 Å². The maximum absolute atomic E-state index is 10.9. The van der Waals surface area contributed by atoms with Gasteiger partial charge in [-0.05, 0) is 13.8 Å². The molecule has 0 aliphatic carbocycles. The normalized spacial score (nSPS) is 11.8. The summed E-state index contributed by atoms with van der Waals surface area (Å²) in [5.74, 6) is -0.944. The van der Waals surface area contributed by atoms with E-state index in [0.29, 0.717) is 5.13 Å². The molecule has 0 fully saturated rings. The van der Waals surface area contributed by atoms with Crippen LogP contribution in [0, 0.1) is 0 Å². The monoisotopic (exact) mass is 227 g/mol.